The predicted octanol–water partition coefficient (Wildman–Crippen LogP) is 2.67. The molecule has 2 aromatic carbocycles. The predicted molar refractivity (Wildman–Crippen MR) is 149 cm³/mol. The molecule has 3 aromatic rings. The van der Waals surface area contributed by atoms with Crippen LogP contribution in [-0.4, -0.2) is 43.3 Å². The van der Waals surface area contributed by atoms with Crippen LogP contribution < -0.4 is 33.8 Å². The number of hydrogen-bond acceptors (Lipinski definition) is 11. The number of methoxy groups -OCH3 is 2. The number of carbonyl (C=O) groups excluding carboxylic acids is 3. The summed E-state index contributed by atoms with van der Waals surface area (Å²) < 4.78 is 28.3. The van der Waals surface area contributed by atoms with E-state index in [1.807, 2.05) is 0 Å². The topological polar surface area (TPSA) is 132 Å². The van der Waals surface area contributed by atoms with Crippen molar-refractivity contribution >= 4 is 35.3 Å². The molecule has 0 aliphatic carbocycles. The minimum absolute atomic E-state index is 0.129. The van der Waals surface area contributed by atoms with Gasteiger partial charge in [0.05, 0.1) is 42.7 Å². The first-order chi connectivity index (χ1) is 19.6. The van der Waals surface area contributed by atoms with Crippen molar-refractivity contribution in [2.75, 3.05) is 20.8 Å². The minimum atomic E-state index is -0.903. The van der Waals surface area contributed by atoms with Crippen molar-refractivity contribution in [3.8, 4) is 23.0 Å². The zero-order chi connectivity index (χ0) is 29.8. The Balaban J connectivity index is 1.92. The smallest absolute Gasteiger partial charge is 0.338 e. The van der Waals surface area contributed by atoms with Crippen LogP contribution in [0.25, 0.3) is 6.08 Å². The number of esters is 3. The van der Waals surface area contributed by atoms with Gasteiger partial charge in [-0.15, -0.1) is 0 Å². The molecule has 0 saturated carbocycles. The van der Waals surface area contributed by atoms with Crippen LogP contribution in [0.5, 0.6) is 23.0 Å². The Morgan fingerprint density at radius 2 is 1.61 bits per heavy atom. The van der Waals surface area contributed by atoms with Gasteiger partial charge in [0, 0.05) is 13.8 Å². The number of fused-ring (bicyclic) bond motifs is 1. The van der Waals surface area contributed by atoms with Crippen molar-refractivity contribution in [2.45, 2.75) is 33.7 Å². The van der Waals surface area contributed by atoms with E-state index in [2.05, 4.69) is 4.99 Å². The minimum Gasteiger partial charge on any atom is -0.493 e. The third-order valence-electron chi connectivity index (χ3n) is 6.01. The highest BCUT2D eigenvalue weighted by atomic mass is 32.1. The van der Waals surface area contributed by atoms with Crippen molar-refractivity contribution in [2.24, 2.45) is 4.99 Å². The quantitative estimate of drug-likeness (QED) is 0.291. The van der Waals surface area contributed by atoms with E-state index in [1.54, 1.807) is 50.3 Å². The van der Waals surface area contributed by atoms with E-state index in [0.717, 1.165) is 11.3 Å². The van der Waals surface area contributed by atoms with Gasteiger partial charge in [-0.1, -0.05) is 23.5 Å². The molecule has 41 heavy (non-hydrogen) atoms. The highest BCUT2D eigenvalue weighted by molar-refractivity contribution is 7.07. The number of aromatic nitrogens is 1. The summed E-state index contributed by atoms with van der Waals surface area (Å²) in [6.45, 7) is 6.04. The second-order valence-corrected chi connectivity index (χ2v) is 9.82. The molecule has 0 unspecified atom stereocenters. The monoisotopic (exact) mass is 580 g/mol. The molecule has 0 N–H and O–H groups in total. The van der Waals surface area contributed by atoms with E-state index < -0.39 is 29.5 Å². The second-order valence-electron chi connectivity index (χ2n) is 8.81. The van der Waals surface area contributed by atoms with Gasteiger partial charge in [0.15, 0.2) is 27.8 Å². The highest BCUT2D eigenvalue weighted by Crippen LogP contribution is 2.36. The Bertz CT molecular complexity index is 1750. The number of thiazole rings is 1. The standard InChI is InChI=1S/C29H28N2O9S/c1-7-38-28(35)25-15(2)30-29-31(26(25)19-9-11-21(39-16(3)32)22(14-19)37-6)27(34)24(41-29)13-18-8-10-20(36-5)23(12-18)40-17(4)33/h8-14,26H,7H2,1-6H3/b24-13+/t26-/m0/s1. The normalized spacial score (nSPS) is 14.6. The van der Waals surface area contributed by atoms with Gasteiger partial charge in [-0.25, -0.2) is 9.79 Å². The lowest BCUT2D eigenvalue weighted by molar-refractivity contribution is -0.139. The van der Waals surface area contributed by atoms with E-state index >= 15 is 0 Å². The third-order valence-corrected chi connectivity index (χ3v) is 7.00. The number of allylic oxidation sites excluding steroid dienone is 1. The maximum absolute atomic E-state index is 13.9. The summed E-state index contributed by atoms with van der Waals surface area (Å²) in [6.07, 6.45) is 1.64. The molecule has 1 atom stereocenters. The molecular formula is C29H28N2O9S. The second kappa shape index (κ2) is 12.2. The van der Waals surface area contributed by atoms with Gasteiger partial charge in [-0.05, 0) is 55.3 Å². The maximum atomic E-state index is 13.9. The van der Waals surface area contributed by atoms with Crippen molar-refractivity contribution < 1.29 is 38.1 Å². The Hall–Kier alpha value is -4.71. The van der Waals surface area contributed by atoms with Crippen molar-refractivity contribution in [3.05, 3.63) is 78.5 Å². The summed E-state index contributed by atoms with van der Waals surface area (Å²) >= 11 is 1.14. The fourth-order valence-electron chi connectivity index (χ4n) is 4.37. The maximum Gasteiger partial charge on any atom is 0.338 e. The Kier molecular flexibility index (Phi) is 8.72. The molecule has 214 valence electrons. The van der Waals surface area contributed by atoms with Crippen LogP contribution >= 0.6 is 11.3 Å². The molecule has 1 aliphatic rings. The first kappa shape index (κ1) is 29.3. The van der Waals surface area contributed by atoms with Crippen LogP contribution in [0, 0.1) is 0 Å². The van der Waals surface area contributed by atoms with Crippen LogP contribution in [-0.2, 0) is 19.1 Å². The lowest BCUT2D eigenvalue weighted by atomic mass is 9.95. The summed E-state index contributed by atoms with van der Waals surface area (Å²) in [5.74, 6) is -0.650. The third kappa shape index (κ3) is 6.07. The molecule has 11 nitrogen and oxygen atoms in total. The van der Waals surface area contributed by atoms with Crippen LogP contribution in [0.3, 0.4) is 0 Å². The van der Waals surface area contributed by atoms with Gasteiger partial charge in [0.1, 0.15) is 0 Å². The van der Waals surface area contributed by atoms with E-state index in [0.29, 0.717) is 31.9 Å². The van der Waals surface area contributed by atoms with E-state index in [-0.39, 0.29) is 29.4 Å². The van der Waals surface area contributed by atoms with Gasteiger partial charge in [-0.3, -0.25) is 19.0 Å². The first-order valence-electron chi connectivity index (χ1n) is 12.5. The van der Waals surface area contributed by atoms with Gasteiger partial charge in [-0.2, -0.15) is 0 Å². The molecule has 0 fully saturated rings. The van der Waals surface area contributed by atoms with Gasteiger partial charge >= 0.3 is 17.9 Å². The summed E-state index contributed by atoms with van der Waals surface area (Å²) in [5, 5.41) is 0. The molecule has 2 heterocycles. The number of ether oxygens (including phenoxy) is 5. The zero-order valence-corrected chi connectivity index (χ0v) is 24.1. The summed E-state index contributed by atoms with van der Waals surface area (Å²) in [5.41, 5.74) is 1.28. The molecule has 0 bridgehead atoms. The number of rotatable bonds is 8. The van der Waals surface area contributed by atoms with E-state index in [9.17, 15) is 19.2 Å². The number of carbonyl (C=O) groups is 3. The molecular weight excluding hydrogens is 552 g/mol. The molecule has 0 radical (unpaired) electrons. The van der Waals surface area contributed by atoms with Gasteiger partial charge < -0.3 is 23.7 Å². The molecule has 12 heteroatoms. The summed E-state index contributed by atoms with van der Waals surface area (Å²) in [7, 11) is 2.88. The summed E-state index contributed by atoms with van der Waals surface area (Å²) in [4.78, 5) is 55.1. The Morgan fingerprint density at radius 3 is 2.24 bits per heavy atom. The van der Waals surface area contributed by atoms with Crippen LogP contribution in [0.15, 0.2) is 57.5 Å². The SMILES string of the molecule is CCOC(=O)C1=C(C)N=c2s/c(=C/c3ccc(OC)c(OC(C)=O)c3)c(=O)n2[C@H]1c1ccc(OC(C)=O)c(OC)c1. The Labute approximate surface area is 238 Å². The number of benzene rings is 2. The molecule has 1 aliphatic heterocycles. The first-order valence-corrected chi connectivity index (χ1v) is 13.3. The average molecular weight is 581 g/mol. The number of nitrogens with zero attached hydrogens (tertiary/aromatic N) is 2. The highest BCUT2D eigenvalue weighted by Gasteiger charge is 2.34. The summed E-state index contributed by atoms with van der Waals surface area (Å²) in [6, 6.07) is 8.82. The molecule has 0 spiro atoms. The van der Waals surface area contributed by atoms with Gasteiger partial charge in [0.2, 0.25) is 0 Å². The van der Waals surface area contributed by atoms with Crippen LogP contribution in [0.2, 0.25) is 0 Å². The van der Waals surface area contributed by atoms with Crippen molar-refractivity contribution in [3.63, 3.8) is 0 Å². The van der Waals surface area contributed by atoms with E-state index in [1.165, 1.54) is 38.7 Å². The fourth-order valence-corrected chi connectivity index (χ4v) is 5.42. The van der Waals surface area contributed by atoms with Crippen molar-refractivity contribution in [1.82, 2.24) is 4.57 Å². The molecule has 0 amide bonds. The molecule has 0 saturated heterocycles. The van der Waals surface area contributed by atoms with Crippen LogP contribution in [0.1, 0.15) is 44.9 Å². The number of hydrogen-bond donors (Lipinski definition) is 0. The van der Waals surface area contributed by atoms with Crippen molar-refractivity contribution in [1.29, 1.82) is 0 Å². The largest absolute Gasteiger partial charge is 0.493 e. The average Bonchev–Trinajstić information content (AvgIpc) is 3.21. The molecule has 4 rings (SSSR count). The fraction of sp³-hybridized carbons (Fsp3) is 0.276. The lowest BCUT2D eigenvalue weighted by Crippen LogP contribution is -2.40. The van der Waals surface area contributed by atoms with Crippen LogP contribution in [0.4, 0.5) is 0 Å². The van der Waals surface area contributed by atoms with Gasteiger partial charge in [0.25, 0.3) is 5.56 Å². The Morgan fingerprint density at radius 1 is 0.951 bits per heavy atom. The lowest BCUT2D eigenvalue weighted by Gasteiger charge is -2.25. The molecule has 1 aromatic heterocycles. The van der Waals surface area contributed by atoms with E-state index in [4.69, 9.17) is 23.7 Å². The zero-order valence-electron chi connectivity index (χ0n) is 23.3.